The molecule has 0 atom stereocenters. The Kier molecular flexibility index (Phi) is 4.99. The zero-order chi connectivity index (χ0) is 14.4. The largest absolute Gasteiger partial charge is 0.492 e. The van der Waals surface area contributed by atoms with Crippen molar-refractivity contribution < 1.29 is 9.84 Å². The highest BCUT2D eigenvalue weighted by Crippen LogP contribution is 2.29. The second kappa shape index (κ2) is 6.74. The molecule has 1 aliphatic rings. The molecule has 0 saturated heterocycles. The van der Waals surface area contributed by atoms with E-state index in [0.29, 0.717) is 18.7 Å². The van der Waals surface area contributed by atoms with Gasteiger partial charge in [-0.05, 0) is 44.2 Å². The molecule has 1 saturated carbocycles. The lowest BCUT2D eigenvalue weighted by Crippen LogP contribution is -2.40. The third-order valence-electron chi connectivity index (χ3n) is 3.82. The second-order valence-electron chi connectivity index (χ2n) is 5.65. The van der Waals surface area contributed by atoms with Crippen molar-refractivity contribution >= 4 is 0 Å². The quantitative estimate of drug-likeness (QED) is 0.864. The molecule has 1 fully saturated rings. The zero-order valence-corrected chi connectivity index (χ0v) is 12.0. The standard InChI is InChI=1S/C16H22N2O2/c1-18(13-16(19)8-2-3-9-16)10-11-20-15-6-4-14(12-17)5-7-15/h4-7,19H,2-3,8-11,13H2,1H3. The highest BCUT2D eigenvalue weighted by atomic mass is 16.5. The Morgan fingerprint density at radius 2 is 1.95 bits per heavy atom. The average molecular weight is 274 g/mol. The molecule has 0 spiro atoms. The summed E-state index contributed by atoms with van der Waals surface area (Å²) in [5.41, 5.74) is 0.140. The summed E-state index contributed by atoms with van der Waals surface area (Å²) in [7, 11) is 2.01. The van der Waals surface area contributed by atoms with Gasteiger partial charge in [0.15, 0.2) is 0 Å². The lowest BCUT2D eigenvalue weighted by atomic mass is 10.0. The number of likely N-dealkylation sites (N-methyl/N-ethyl adjacent to an activating group) is 1. The van der Waals surface area contributed by atoms with Crippen LogP contribution in [0, 0.1) is 11.3 Å². The van der Waals surface area contributed by atoms with Crippen LogP contribution in [0.1, 0.15) is 31.2 Å². The van der Waals surface area contributed by atoms with Gasteiger partial charge < -0.3 is 14.7 Å². The van der Waals surface area contributed by atoms with E-state index in [1.54, 1.807) is 12.1 Å². The van der Waals surface area contributed by atoms with E-state index >= 15 is 0 Å². The highest BCUT2D eigenvalue weighted by Gasteiger charge is 2.31. The Bertz CT molecular complexity index is 458. The number of rotatable bonds is 6. The van der Waals surface area contributed by atoms with Gasteiger partial charge in [0.25, 0.3) is 0 Å². The number of benzene rings is 1. The molecule has 1 aliphatic carbocycles. The van der Waals surface area contributed by atoms with Gasteiger partial charge in [-0.1, -0.05) is 12.8 Å². The maximum atomic E-state index is 10.3. The second-order valence-corrected chi connectivity index (χ2v) is 5.65. The van der Waals surface area contributed by atoms with Crippen LogP contribution in [0.5, 0.6) is 5.75 Å². The number of hydrogen-bond acceptors (Lipinski definition) is 4. The number of ether oxygens (including phenoxy) is 1. The minimum atomic E-state index is -0.497. The molecule has 1 aromatic carbocycles. The van der Waals surface area contributed by atoms with Crippen LogP contribution < -0.4 is 4.74 Å². The summed E-state index contributed by atoms with van der Waals surface area (Å²) in [6, 6.07) is 9.20. The SMILES string of the molecule is CN(CCOc1ccc(C#N)cc1)CC1(O)CCCC1. The third-order valence-corrected chi connectivity index (χ3v) is 3.82. The molecule has 0 heterocycles. The predicted molar refractivity (Wildman–Crippen MR) is 77.6 cm³/mol. The van der Waals surface area contributed by atoms with Crippen molar-refractivity contribution in [3.05, 3.63) is 29.8 Å². The van der Waals surface area contributed by atoms with Crippen molar-refractivity contribution in [1.82, 2.24) is 4.90 Å². The minimum absolute atomic E-state index is 0.497. The lowest BCUT2D eigenvalue weighted by Gasteiger charge is -2.28. The van der Waals surface area contributed by atoms with E-state index in [0.717, 1.165) is 38.0 Å². The van der Waals surface area contributed by atoms with Crippen LogP contribution in [-0.2, 0) is 0 Å². The summed E-state index contributed by atoms with van der Waals surface area (Å²) < 4.78 is 5.64. The smallest absolute Gasteiger partial charge is 0.119 e. The summed E-state index contributed by atoms with van der Waals surface area (Å²) in [5.74, 6) is 0.775. The first-order valence-electron chi connectivity index (χ1n) is 7.15. The lowest BCUT2D eigenvalue weighted by molar-refractivity contribution is 0.0139. The first-order valence-corrected chi connectivity index (χ1v) is 7.15. The average Bonchev–Trinajstić information content (AvgIpc) is 2.86. The van der Waals surface area contributed by atoms with Gasteiger partial charge in [0.2, 0.25) is 0 Å². The molecule has 108 valence electrons. The molecular weight excluding hydrogens is 252 g/mol. The van der Waals surface area contributed by atoms with Crippen LogP contribution >= 0.6 is 0 Å². The molecule has 0 amide bonds. The van der Waals surface area contributed by atoms with E-state index in [-0.39, 0.29) is 0 Å². The zero-order valence-electron chi connectivity index (χ0n) is 12.0. The molecule has 4 nitrogen and oxygen atoms in total. The minimum Gasteiger partial charge on any atom is -0.492 e. The van der Waals surface area contributed by atoms with Crippen molar-refractivity contribution in [3.8, 4) is 11.8 Å². The first kappa shape index (κ1) is 14.8. The number of nitriles is 1. The van der Waals surface area contributed by atoms with Crippen molar-refractivity contribution in [1.29, 1.82) is 5.26 Å². The van der Waals surface area contributed by atoms with Crippen LogP contribution in [0.15, 0.2) is 24.3 Å². The predicted octanol–water partition coefficient (Wildman–Crippen LogP) is 2.17. The van der Waals surface area contributed by atoms with E-state index < -0.39 is 5.60 Å². The summed E-state index contributed by atoms with van der Waals surface area (Å²) >= 11 is 0. The normalized spacial score (nSPS) is 17.1. The van der Waals surface area contributed by atoms with E-state index in [9.17, 15) is 5.11 Å². The van der Waals surface area contributed by atoms with Gasteiger partial charge in [-0.2, -0.15) is 5.26 Å². The highest BCUT2D eigenvalue weighted by molar-refractivity contribution is 5.34. The molecule has 0 aromatic heterocycles. The van der Waals surface area contributed by atoms with Crippen molar-refractivity contribution in [2.45, 2.75) is 31.3 Å². The number of nitrogens with zero attached hydrogens (tertiary/aromatic N) is 2. The number of aliphatic hydroxyl groups is 1. The van der Waals surface area contributed by atoms with Gasteiger partial charge in [0, 0.05) is 13.1 Å². The summed E-state index contributed by atoms with van der Waals surface area (Å²) in [4.78, 5) is 2.12. The van der Waals surface area contributed by atoms with Gasteiger partial charge in [-0.25, -0.2) is 0 Å². The first-order chi connectivity index (χ1) is 9.61. The summed E-state index contributed by atoms with van der Waals surface area (Å²) in [6.07, 6.45) is 4.08. The topological polar surface area (TPSA) is 56.5 Å². The molecule has 0 unspecified atom stereocenters. The van der Waals surface area contributed by atoms with E-state index in [1.165, 1.54) is 0 Å². The maximum Gasteiger partial charge on any atom is 0.119 e. The van der Waals surface area contributed by atoms with Crippen LogP contribution in [-0.4, -0.2) is 42.4 Å². The van der Waals surface area contributed by atoms with Crippen LogP contribution in [0.2, 0.25) is 0 Å². The molecule has 1 N–H and O–H groups in total. The molecule has 0 radical (unpaired) electrons. The van der Waals surface area contributed by atoms with Crippen molar-refractivity contribution in [3.63, 3.8) is 0 Å². The maximum absolute atomic E-state index is 10.3. The van der Waals surface area contributed by atoms with Gasteiger partial charge in [0.1, 0.15) is 12.4 Å². The van der Waals surface area contributed by atoms with Crippen molar-refractivity contribution in [2.24, 2.45) is 0 Å². The number of hydrogen-bond donors (Lipinski definition) is 1. The van der Waals surface area contributed by atoms with E-state index in [4.69, 9.17) is 10.00 Å². The fourth-order valence-corrected chi connectivity index (χ4v) is 2.72. The molecular formula is C16H22N2O2. The summed E-state index contributed by atoms with van der Waals surface area (Å²) in [5, 5.41) is 19.0. The Labute approximate surface area is 120 Å². The third kappa shape index (κ3) is 4.22. The fraction of sp³-hybridized carbons (Fsp3) is 0.562. The monoisotopic (exact) mass is 274 g/mol. The van der Waals surface area contributed by atoms with Gasteiger partial charge in [0.05, 0.1) is 17.2 Å². The Balaban J connectivity index is 1.70. The van der Waals surface area contributed by atoms with Crippen LogP contribution in [0.3, 0.4) is 0 Å². The summed E-state index contributed by atoms with van der Waals surface area (Å²) in [6.45, 7) is 2.07. The van der Waals surface area contributed by atoms with E-state index in [2.05, 4.69) is 11.0 Å². The van der Waals surface area contributed by atoms with Gasteiger partial charge in [-0.3, -0.25) is 0 Å². The Morgan fingerprint density at radius 1 is 1.30 bits per heavy atom. The van der Waals surface area contributed by atoms with Crippen LogP contribution in [0.25, 0.3) is 0 Å². The van der Waals surface area contributed by atoms with Crippen molar-refractivity contribution in [2.75, 3.05) is 26.7 Å². The molecule has 4 heteroatoms. The molecule has 2 rings (SSSR count). The van der Waals surface area contributed by atoms with Gasteiger partial charge >= 0.3 is 0 Å². The molecule has 0 bridgehead atoms. The Hall–Kier alpha value is -1.57. The van der Waals surface area contributed by atoms with Crippen LogP contribution in [0.4, 0.5) is 0 Å². The molecule has 1 aromatic rings. The fourth-order valence-electron chi connectivity index (χ4n) is 2.72. The molecule has 0 aliphatic heterocycles. The van der Waals surface area contributed by atoms with Gasteiger partial charge in [-0.15, -0.1) is 0 Å². The van der Waals surface area contributed by atoms with E-state index in [1.807, 2.05) is 19.2 Å². The molecule has 20 heavy (non-hydrogen) atoms. The Morgan fingerprint density at radius 3 is 2.55 bits per heavy atom.